The van der Waals surface area contributed by atoms with E-state index in [4.69, 9.17) is 21.4 Å². The Morgan fingerprint density at radius 3 is 2.71 bits per heavy atom. The lowest BCUT2D eigenvalue weighted by atomic mass is 10.1. The summed E-state index contributed by atoms with van der Waals surface area (Å²) in [5.74, 6) is -0.0836. The number of rotatable bonds is 6. The number of hydrogen-bond acceptors (Lipinski definition) is 5. The highest BCUT2D eigenvalue weighted by Crippen LogP contribution is 2.37. The van der Waals surface area contributed by atoms with Crippen LogP contribution in [0.4, 0.5) is 5.69 Å². The molecule has 1 N–H and O–H groups in total. The van der Waals surface area contributed by atoms with Gasteiger partial charge >= 0.3 is 0 Å². The van der Waals surface area contributed by atoms with Crippen LogP contribution in [0.2, 0.25) is 5.02 Å². The fraction of sp³-hybridized carbons (Fsp3) is 0.214. The third-order valence-electron chi connectivity index (χ3n) is 6.75. The number of halogens is 2. The van der Waals surface area contributed by atoms with E-state index in [1.165, 1.54) is 0 Å². The number of carbonyl (C=O) groups excluding carboxylic acids is 2. The van der Waals surface area contributed by atoms with E-state index in [1.807, 2.05) is 54.7 Å². The minimum Gasteiger partial charge on any atom is -0.341 e. The molecule has 2 aromatic carbocycles. The van der Waals surface area contributed by atoms with E-state index in [1.54, 1.807) is 28.8 Å². The van der Waals surface area contributed by atoms with Crippen molar-refractivity contribution in [1.29, 1.82) is 0 Å². The molecule has 1 saturated heterocycles. The van der Waals surface area contributed by atoms with Gasteiger partial charge in [-0.05, 0) is 66.9 Å². The molecule has 4 heterocycles. The first-order valence-electron chi connectivity index (χ1n) is 12.2. The fourth-order valence-electron chi connectivity index (χ4n) is 4.84. The summed E-state index contributed by atoms with van der Waals surface area (Å²) in [6.07, 6.45) is 3.24. The number of nitrogens with one attached hydrogen (secondary N) is 1. The van der Waals surface area contributed by atoms with Gasteiger partial charge in [0, 0.05) is 34.7 Å². The van der Waals surface area contributed by atoms with E-state index in [0.29, 0.717) is 35.8 Å². The van der Waals surface area contributed by atoms with Gasteiger partial charge in [-0.2, -0.15) is 5.10 Å². The van der Waals surface area contributed by atoms with E-state index in [-0.39, 0.29) is 11.8 Å². The van der Waals surface area contributed by atoms with Gasteiger partial charge in [0.25, 0.3) is 5.91 Å². The number of carbonyl (C=O) groups is 2. The predicted molar refractivity (Wildman–Crippen MR) is 147 cm³/mol. The van der Waals surface area contributed by atoms with Gasteiger partial charge in [0.05, 0.1) is 22.8 Å². The Kier molecular flexibility index (Phi) is 6.51. The zero-order valence-corrected chi connectivity index (χ0v) is 22.7. The van der Waals surface area contributed by atoms with Crippen LogP contribution in [0.1, 0.15) is 29.8 Å². The summed E-state index contributed by atoms with van der Waals surface area (Å²) < 4.78 is 8.94. The van der Waals surface area contributed by atoms with Gasteiger partial charge in [-0.3, -0.25) is 14.6 Å². The summed E-state index contributed by atoms with van der Waals surface area (Å²) in [7, 11) is 0. The SMILES string of the molecule is C[C@@H]1O[C@@H](c2cn(-c3ccc(Br)cc3)nc2-c2ccc(Cl)cn2)N(CCc2ccc3c(c2)CC(=O)N3)C1=O. The van der Waals surface area contributed by atoms with Crippen molar-refractivity contribution in [2.75, 3.05) is 11.9 Å². The smallest absolute Gasteiger partial charge is 0.253 e. The van der Waals surface area contributed by atoms with E-state index < -0.39 is 12.3 Å². The number of fused-ring (bicyclic) bond motifs is 1. The number of hydrogen-bond donors (Lipinski definition) is 1. The van der Waals surface area contributed by atoms with E-state index in [0.717, 1.165) is 32.5 Å². The molecule has 1 fully saturated rings. The normalized spacial score (nSPS) is 18.7. The number of nitrogens with zero attached hydrogens (tertiary/aromatic N) is 4. The first-order valence-corrected chi connectivity index (χ1v) is 13.4. The predicted octanol–water partition coefficient (Wildman–Crippen LogP) is 5.33. The number of amides is 2. The highest BCUT2D eigenvalue weighted by molar-refractivity contribution is 9.10. The minimum atomic E-state index is -0.633. The third-order valence-corrected chi connectivity index (χ3v) is 7.51. The molecular formula is C28H23BrClN5O3. The van der Waals surface area contributed by atoms with Crippen molar-refractivity contribution >= 4 is 45.0 Å². The van der Waals surface area contributed by atoms with Crippen molar-refractivity contribution < 1.29 is 14.3 Å². The zero-order valence-electron chi connectivity index (χ0n) is 20.4. The maximum atomic E-state index is 13.2. The highest BCUT2D eigenvalue weighted by Gasteiger charge is 2.41. The maximum Gasteiger partial charge on any atom is 0.253 e. The molecule has 192 valence electrons. The summed E-state index contributed by atoms with van der Waals surface area (Å²) in [6.45, 7) is 2.21. The monoisotopic (exact) mass is 591 g/mol. The van der Waals surface area contributed by atoms with Crippen molar-refractivity contribution in [2.24, 2.45) is 0 Å². The second-order valence-corrected chi connectivity index (χ2v) is 10.7. The van der Waals surface area contributed by atoms with Crippen LogP contribution >= 0.6 is 27.5 Å². The van der Waals surface area contributed by atoms with Gasteiger partial charge in [0.15, 0.2) is 6.23 Å². The Labute approximate surface area is 232 Å². The number of pyridine rings is 1. The van der Waals surface area contributed by atoms with Crippen LogP contribution in [-0.4, -0.2) is 44.1 Å². The molecule has 8 nitrogen and oxygen atoms in total. The van der Waals surface area contributed by atoms with Gasteiger partial charge in [-0.25, -0.2) is 4.68 Å². The fourth-order valence-corrected chi connectivity index (χ4v) is 5.22. The number of benzene rings is 2. The number of ether oxygens (including phenoxy) is 1. The Morgan fingerprint density at radius 2 is 1.95 bits per heavy atom. The second kappa shape index (κ2) is 9.98. The Morgan fingerprint density at radius 1 is 1.13 bits per heavy atom. The largest absolute Gasteiger partial charge is 0.341 e. The van der Waals surface area contributed by atoms with E-state index in [2.05, 4.69) is 26.2 Å². The summed E-state index contributed by atoms with van der Waals surface area (Å²) in [4.78, 5) is 31.2. The molecule has 2 amide bonds. The van der Waals surface area contributed by atoms with Crippen LogP contribution in [0.25, 0.3) is 17.1 Å². The molecule has 0 radical (unpaired) electrons. The van der Waals surface area contributed by atoms with Gasteiger partial charge in [0.1, 0.15) is 11.8 Å². The Balaban J connectivity index is 1.34. The van der Waals surface area contributed by atoms with Crippen LogP contribution in [0.3, 0.4) is 0 Å². The van der Waals surface area contributed by atoms with Crippen molar-refractivity contribution in [1.82, 2.24) is 19.7 Å². The molecule has 2 aliphatic heterocycles. The average Bonchev–Trinajstić information content (AvgIpc) is 3.58. The Bertz CT molecular complexity index is 1540. The first-order chi connectivity index (χ1) is 18.4. The number of aromatic nitrogens is 3. The topological polar surface area (TPSA) is 89.3 Å². The molecular weight excluding hydrogens is 570 g/mol. The molecule has 0 saturated carbocycles. The van der Waals surface area contributed by atoms with Gasteiger partial charge in [-0.1, -0.05) is 39.7 Å². The van der Waals surface area contributed by atoms with Crippen LogP contribution in [0.5, 0.6) is 0 Å². The summed E-state index contributed by atoms with van der Waals surface area (Å²) in [5, 5.41) is 8.23. The molecule has 0 spiro atoms. The molecule has 2 aliphatic rings. The molecule has 0 unspecified atom stereocenters. The molecule has 2 aromatic heterocycles. The molecule has 0 bridgehead atoms. The van der Waals surface area contributed by atoms with E-state index >= 15 is 0 Å². The molecule has 2 atom stereocenters. The minimum absolute atomic E-state index is 0.000263. The third kappa shape index (κ3) is 4.73. The standard InChI is InChI=1S/C28H23BrClN5O3/c1-16-27(37)34(11-10-17-2-8-23-18(12-17)13-25(36)32-23)28(38-16)22-15-35(21-6-3-19(29)4-7-21)33-26(22)24-9-5-20(30)14-31-24/h2-9,12,14-16,28H,10-11,13H2,1H3,(H,32,36)/t16-,28-/m0/s1. The maximum absolute atomic E-state index is 13.2. The van der Waals surface area contributed by atoms with Crippen LogP contribution in [0.15, 0.2) is 71.5 Å². The Hall–Kier alpha value is -3.53. The molecule has 4 aromatic rings. The van der Waals surface area contributed by atoms with Crippen LogP contribution in [0, 0.1) is 0 Å². The lowest BCUT2D eigenvalue weighted by molar-refractivity contribution is -0.130. The second-order valence-electron chi connectivity index (χ2n) is 9.34. The van der Waals surface area contributed by atoms with Crippen molar-refractivity contribution in [3.8, 4) is 17.1 Å². The van der Waals surface area contributed by atoms with Gasteiger partial charge in [0.2, 0.25) is 5.91 Å². The summed E-state index contributed by atoms with van der Waals surface area (Å²) in [6, 6.07) is 17.3. The van der Waals surface area contributed by atoms with Gasteiger partial charge in [-0.15, -0.1) is 0 Å². The quantitative estimate of drug-likeness (QED) is 0.327. The lowest BCUT2D eigenvalue weighted by Gasteiger charge is -2.23. The molecule has 10 heteroatoms. The molecule has 38 heavy (non-hydrogen) atoms. The first kappa shape index (κ1) is 24.8. The lowest BCUT2D eigenvalue weighted by Crippen LogP contribution is -2.32. The van der Waals surface area contributed by atoms with Crippen LogP contribution < -0.4 is 5.32 Å². The van der Waals surface area contributed by atoms with Crippen molar-refractivity contribution in [3.05, 3.63) is 93.2 Å². The van der Waals surface area contributed by atoms with E-state index in [9.17, 15) is 9.59 Å². The highest BCUT2D eigenvalue weighted by atomic mass is 79.9. The van der Waals surface area contributed by atoms with Gasteiger partial charge < -0.3 is 15.0 Å². The summed E-state index contributed by atoms with van der Waals surface area (Å²) in [5.41, 5.74) is 5.73. The molecule has 0 aliphatic carbocycles. The average molecular weight is 593 g/mol. The van der Waals surface area contributed by atoms with Crippen LogP contribution in [-0.2, 0) is 27.2 Å². The zero-order chi connectivity index (χ0) is 26.4. The van der Waals surface area contributed by atoms with Crippen molar-refractivity contribution in [2.45, 2.75) is 32.1 Å². The summed E-state index contributed by atoms with van der Waals surface area (Å²) >= 11 is 9.57. The molecule has 6 rings (SSSR count). The van der Waals surface area contributed by atoms with Crippen molar-refractivity contribution in [3.63, 3.8) is 0 Å². The number of anilines is 1.